The van der Waals surface area contributed by atoms with E-state index < -0.39 is 0 Å². The summed E-state index contributed by atoms with van der Waals surface area (Å²) in [5, 5.41) is 4.58. The molecule has 3 aromatic heterocycles. The van der Waals surface area contributed by atoms with Gasteiger partial charge in [-0.2, -0.15) is 0 Å². The maximum atomic E-state index is 6.40. The fourth-order valence-corrected chi connectivity index (χ4v) is 8.33. The Balaban J connectivity index is 1.14. The highest BCUT2D eigenvalue weighted by Crippen LogP contribution is 2.42. The van der Waals surface area contributed by atoms with Crippen LogP contribution in [-0.4, -0.2) is 15.0 Å². The molecule has 0 aliphatic heterocycles. The highest BCUT2D eigenvalue weighted by atomic mass is 32.1. The Morgan fingerprint density at radius 2 is 1.10 bits per heavy atom. The molecule has 0 fully saturated rings. The fraction of sp³-hybridized carbons (Fsp3) is 0.0217. The van der Waals surface area contributed by atoms with Gasteiger partial charge in [0.15, 0.2) is 17.5 Å². The zero-order chi connectivity index (χ0) is 33.9. The minimum atomic E-state index is 0.621. The van der Waals surface area contributed by atoms with Crippen LogP contribution in [0.3, 0.4) is 0 Å². The SMILES string of the molecule is Cc1cccc(-c2ccc3c(c2)sc2cccc(-c4nc(-c5ccccc5)nc(-c5cccc(-c6cccc7c6oc6ccccc67)c5)n4)c23)c1. The standard InChI is InChI=1S/C46H29N3OS/c1-28-11-7-14-30(25-28)31-23-24-37-41(27-31)51-40-22-10-20-38(42(37)40)46-48-44(29-12-3-2-4-13-29)47-45(49-46)33-16-8-15-32(26-33)34-18-9-19-36-35-17-5-6-21-39(35)50-43(34)36/h2-27H,1H3. The van der Waals surface area contributed by atoms with E-state index >= 15 is 0 Å². The topological polar surface area (TPSA) is 51.8 Å². The Hall–Kier alpha value is -6.43. The number of para-hydroxylation sites is 2. The van der Waals surface area contributed by atoms with E-state index in [1.165, 1.54) is 31.5 Å². The monoisotopic (exact) mass is 671 g/mol. The second-order valence-corrected chi connectivity index (χ2v) is 14.0. The van der Waals surface area contributed by atoms with E-state index in [2.05, 4.69) is 134 Å². The van der Waals surface area contributed by atoms with Gasteiger partial charge in [0.2, 0.25) is 0 Å². The molecule has 51 heavy (non-hydrogen) atoms. The molecule has 0 unspecified atom stereocenters. The summed E-state index contributed by atoms with van der Waals surface area (Å²) in [6.45, 7) is 2.14. The van der Waals surface area contributed by atoms with E-state index in [1.807, 2.05) is 30.3 Å². The van der Waals surface area contributed by atoms with Crippen LogP contribution in [0.5, 0.6) is 0 Å². The highest BCUT2D eigenvalue weighted by Gasteiger charge is 2.18. The first-order chi connectivity index (χ1) is 25.2. The second-order valence-electron chi connectivity index (χ2n) is 12.9. The summed E-state index contributed by atoms with van der Waals surface area (Å²) >= 11 is 1.81. The van der Waals surface area contributed by atoms with Crippen molar-refractivity contribution in [2.24, 2.45) is 0 Å². The number of nitrogens with zero attached hydrogens (tertiary/aromatic N) is 3. The molecule has 10 aromatic rings. The van der Waals surface area contributed by atoms with Gasteiger partial charge in [-0.3, -0.25) is 0 Å². The molecule has 10 rings (SSSR count). The van der Waals surface area contributed by atoms with E-state index in [1.54, 1.807) is 11.3 Å². The first kappa shape index (κ1) is 29.5. The average molecular weight is 672 g/mol. The lowest BCUT2D eigenvalue weighted by Crippen LogP contribution is -2.00. The van der Waals surface area contributed by atoms with E-state index in [9.17, 15) is 0 Å². The summed E-state index contributed by atoms with van der Waals surface area (Å²) in [4.78, 5) is 15.4. The van der Waals surface area contributed by atoms with E-state index in [-0.39, 0.29) is 0 Å². The Morgan fingerprint density at radius 1 is 0.431 bits per heavy atom. The summed E-state index contributed by atoms with van der Waals surface area (Å²) in [6.07, 6.45) is 0. The van der Waals surface area contributed by atoms with Gasteiger partial charge < -0.3 is 4.42 Å². The lowest BCUT2D eigenvalue weighted by atomic mass is 10.00. The van der Waals surface area contributed by atoms with E-state index in [0.717, 1.165) is 55.1 Å². The van der Waals surface area contributed by atoms with Crippen molar-refractivity contribution in [3.05, 3.63) is 163 Å². The van der Waals surface area contributed by atoms with Gasteiger partial charge in [-0.25, -0.2) is 15.0 Å². The number of rotatable bonds is 5. The number of benzene rings is 7. The predicted octanol–water partition coefficient (Wildman–Crippen LogP) is 12.8. The van der Waals surface area contributed by atoms with Crippen molar-refractivity contribution in [2.45, 2.75) is 6.92 Å². The second kappa shape index (κ2) is 11.9. The molecule has 3 heterocycles. The third kappa shape index (κ3) is 5.09. The number of hydrogen-bond acceptors (Lipinski definition) is 5. The minimum absolute atomic E-state index is 0.621. The molecule has 0 saturated heterocycles. The van der Waals surface area contributed by atoms with Gasteiger partial charge in [0, 0.05) is 53.2 Å². The van der Waals surface area contributed by atoms with Crippen molar-refractivity contribution in [1.29, 1.82) is 0 Å². The van der Waals surface area contributed by atoms with Crippen LogP contribution in [0.15, 0.2) is 162 Å². The third-order valence-corrected chi connectivity index (χ3v) is 10.7. The first-order valence-electron chi connectivity index (χ1n) is 17.0. The molecule has 0 radical (unpaired) electrons. The first-order valence-corrected chi connectivity index (χ1v) is 17.8. The Bertz CT molecular complexity index is 2940. The van der Waals surface area contributed by atoms with Crippen molar-refractivity contribution in [3.8, 4) is 56.4 Å². The van der Waals surface area contributed by atoms with Crippen LogP contribution in [-0.2, 0) is 0 Å². The predicted molar refractivity (Wildman–Crippen MR) is 212 cm³/mol. The summed E-state index contributed by atoms with van der Waals surface area (Å²) in [6, 6.07) is 55.0. The molecule has 5 heteroatoms. The molecule has 0 atom stereocenters. The number of thiophene rings is 1. The molecule has 4 nitrogen and oxygen atoms in total. The van der Waals surface area contributed by atoms with Gasteiger partial charge in [-0.05, 0) is 47.9 Å². The van der Waals surface area contributed by atoms with Crippen molar-refractivity contribution < 1.29 is 4.42 Å². The molecule has 7 aromatic carbocycles. The maximum absolute atomic E-state index is 6.40. The third-order valence-electron chi connectivity index (χ3n) is 9.59. The van der Waals surface area contributed by atoms with Gasteiger partial charge in [-0.15, -0.1) is 11.3 Å². The summed E-state index contributed by atoms with van der Waals surface area (Å²) < 4.78 is 8.84. The van der Waals surface area contributed by atoms with E-state index in [4.69, 9.17) is 19.4 Å². The molecule has 0 amide bonds. The van der Waals surface area contributed by atoms with Crippen LogP contribution >= 0.6 is 11.3 Å². The number of aromatic nitrogens is 3. The molecule has 240 valence electrons. The Labute approximate surface area is 298 Å². The molecule has 0 saturated carbocycles. The Kier molecular flexibility index (Phi) is 6.86. The molecule has 0 aliphatic rings. The zero-order valence-corrected chi connectivity index (χ0v) is 28.5. The van der Waals surface area contributed by atoms with Gasteiger partial charge in [-0.1, -0.05) is 139 Å². The number of hydrogen-bond donors (Lipinski definition) is 0. The van der Waals surface area contributed by atoms with Crippen LogP contribution in [0, 0.1) is 6.92 Å². The highest BCUT2D eigenvalue weighted by molar-refractivity contribution is 7.26. The minimum Gasteiger partial charge on any atom is -0.455 e. The van der Waals surface area contributed by atoms with Gasteiger partial charge in [0.1, 0.15) is 11.2 Å². The molecular formula is C46H29N3OS. The van der Waals surface area contributed by atoms with Crippen LogP contribution in [0.2, 0.25) is 0 Å². The number of aryl methyl sites for hydroxylation is 1. The van der Waals surface area contributed by atoms with Crippen molar-refractivity contribution in [2.75, 3.05) is 0 Å². The lowest BCUT2D eigenvalue weighted by molar-refractivity contribution is 0.670. The van der Waals surface area contributed by atoms with Crippen LogP contribution in [0.25, 0.3) is 98.5 Å². The van der Waals surface area contributed by atoms with Crippen LogP contribution < -0.4 is 0 Å². The molecule has 0 aliphatic carbocycles. The normalized spacial score (nSPS) is 11.6. The lowest BCUT2D eigenvalue weighted by Gasteiger charge is -2.11. The molecule has 0 spiro atoms. The average Bonchev–Trinajstić information content (AvgIpc) is 3.76. The van der Waals surface area contributed by atoms with Crippen LogP contribution in [0.4, 0.5) is 0 Å². The van der Waals surface area contributed by atoms with Gasteiger partial charge in [0.05, 0.1) is 0 Å². The smallest absolute Gasteiger partial charge is 0.164 e. The van der Waals surface area contributed by atoms with Crippen molar-refractivity contribution in [1.82, 2.24) is 15.0 Å². The molecular weight excluding hydrogens is 643 g/mol. The summed E-state index contributed by atoms with van der Waals surface area (Å²) in [7, 11) is 0. The maximum Gasteiger partial charge on any atom is 0.164 e. The molecule has 0 bridgehead atoms. The largest absolute Gasteiger partial charge is 0.455 e. The Morgan fingerprint density at radius 3 is 2.00 bits per heavy atom. The van der Waals surface area contributed by atoms with Gasteiger partial charge in [0.25, 0.3) is 0 Å². The summed E-state index contributed by atoms with van der Waals surface area (Å²) in [5.74, 6) is 1.91. The number of fused-ring (bicyclic) bond motifs is 6. The fourth-order valence-electron chi connectivity index (χ4n) is 7.16. The van der Waals surface area contributed by atoms with Crippen molar-refractivity contribution >= 4 is 53.4 Å². The van der Waals surface area contributed by atoms with Crippen molar-refractivity contribution in [3.63, 3.8) is 0 Å². The zero-order valence-electron chi connectivity index (χ0n) is 27.7. The summed E-state index contributed by atoms with van der Waals surface area (Å²) in [5.41, 5.74) is 10.4. The van der Waals surface area contributed by atoms with Gasteiger partial charge >= 0.3 is 0 Å². The molecule has 0 N–H and O–H groups in total. The van der Waals surface area contributed by atoms with E-state index in [0.29, 0.717) is 17.5 Å². The quantitative estimate of drug-likeness (QED) is 0.183. The number of furan rings is 1. The van der Waals surface area contributed by atoms with Crippen LogP contribution in [0.1, 0.15) is 5.56 Å².